The van der Waals surface area contributed by atoms with Gasteiger partial charge in [-0.1, -0.05) is 31.2 Å². The fourth-order valence-electron chi connectivity index (χ4n) is 1.81. The Morgan fingerprint density at radius 3 is 2.20 bits per heavy atom. The number of hydrogen-bond acceptors (Lipinski definition) is 3. The molecular weight excluding hydrogens is 258 g/mol. The minimum Gasteiger partial charge on any atom is -0.481 e. The molecule has 0 saturated heterocycles. The number of ketones is 1. The van der Waals surface area contributed by atoms with Gasteiger partial charge in [-0.05, 0) is 12.5 Å². The van der Waals surface area contributed by atoms with Gasteiger partial charge in [-0.25, -0.2) is 0 Å². The van der Waals surface area contributed by atoms with Crippen LogP contribution in [0.2, 0.25) is 0 Å². The highest BCUT2D eigenvalue weighted by Crippen LogP contribution is 2.10. The zero-order valence-electron chi connectivity index (χ0n) is 11.8. The molecule has 5 heteroatoms. The first-order chi connectivity index (χ1) is 9.43. The van der Waals surface area contributed by atoms with E-state index in [1.807, 2.05) is 0 Å². The molecule has 0 radical (unpaired) electrons. The molecule has 1 aromatic rings. The third-order valence-electron chi connectivity index (χ3n) is 2.98. The zero-order valence-corrected chi connectivity index (χ0v) is 11.8. The number of carbonyl (C=O) groups is 3. The first-order valence-electron chi connectivity index (χ1n) is 6.53. The number of carboxylic acids is 1. The van der Waals surface area contributed by atoms with E-state index < -0.39 is 5.97 Å². The third kappa shape index (κ3) is 4.84. The van der Waals surface area contributed by atoms with Gasteiger partial charge in [-0.15, -0.1) is 0 Å². The highest BCUT2D eigenvalue weighted by molar-refractivity contribution is 5.94. The molecular formula is C15H19NO4. The molecule has 108 valence electrons. The maximum absolute atomic E-state index is 11.8. The minimum atomic E-state index is -0.925. The van der Waals surface area contributed by atoms with Crippen LogP contribution >= 0.6 is 0 Å². The molecule has 1 aromatic carbocycles. The average molecular weight is 277 g/mol. The molecule has 0 bridgehead atoms. The first-order valence-corrected chi connectivity index (χ1v) is 6.53. The number of Topliss-reactive ketones (excluding diaryl/α,β-unsaturated/α-hetero) is 1. The Balaban J connectivity index is 2.75. The molecule has 0 aliphatic carbocycles. The van der Waals surface area contributed by atoms with Crippen LogP contribution in [0, 0.1) is 0 Å². The summed E-state index contributed by atoms with van der Waals surface area (Å²) in [6.45, 7) is 3.79. The second-order valence-electron chi connectivity index (χ2n) is 4.57. The number of carbonyl (C=O) groups excluding carboxylic acids is 2. The van der Waals surface area contributed by atoms with Crippen molar-refractivity contribution < 1.29 is 19.5 Å². The number of rotatable bonds is 7. The first kappa shape index (κ1) is 15.9. The number of aliphatic carboxylic acids is 1. The van der Waals surface area contributed by atoms with Crippen LogP contribution in [0.1, 0.15) is 42.6 Å². The molecule has 1 N–H and O–H groups in total. The number of carboxylic acid groups (broad SMARTS) is 1. The van der Waals surface area contributed by atoms with Gasteiger partial charge >= 0.3 is 5.97 Å². The summed E-state index contributed by atoms with van der Waals surface area (Å²) in [6.07, 6.45) is 0.266. The Morgan fingerprint density at radius 2 is 1.75 bits per heavy atom. The van der Waals surface area contributed by atoms with Crippen LogP contribution in [0.3, 0.4) is 0 Å². The molecule has 0 aliphatic heterocycles. The molecule has 0 saturated carbocycles. The molecule has 1 amide bonds. The summed E-state index contributed by atoms with van der Waals surface area (Å²) in [7, 11) is 0. The Kier molecular flexibility index (Phi) is 5.90. The largest absolute Gasteiger partial charge is 0.481 e. The third-order valence-corrected chi connectivity index (χ3v) is 2.98. The lowest BCUT2D eigenvalue weighted by atomic mass is 10.1. The zero-order chi connectivity index (χ0) is 15.1. The molecule has 0 unspecified atom stereocenters. The average Bonchev–Trinajstić information content (AvgIpc) is 2.42. The van der Waals surface area contributed by atoms with Gasteiger partial charge in [0.05, 0.1) is 6.42 Å². The normalized spacial score (nSPS) is 10.1. The minimum absolute atomic E-state index is 0.0103. The van der Waals surface area contributed by atoms with Gasteiger partial charge in [0.1, 0.15) is 0 Å². The van der Waals surface area contributed by atoms with Crippen molar-refractivity contribution in [2.45, 2.75) is 33.2 Å². The van der Waals surface area contributed by atoms with Crippen molar-refractivity contribution in [1.29, 1.82) is 0 Å². The van der Waals surface area contributed by atoms with E-state index in [2.05, 4.69) is 0 Å². The van der Waals surface area contributed by atoms with E-state index in [0.717, 1.165) is 5.56 Å². The standard InChI is InChI=1S/C15H19NO4/c1-3-14(18)16(9-8-15(19)20)10-12-4-6-13(7-5-12)11(2)17/h4-7H,3,8-10H2,1-2H3,(H,19,20). The monoisotopic (exact) mass is 277 g/mol. The predicted molar refractivity (Wildman–Crippen MR) is 74.4 cm³/mol. The fraction of sp³-hybridized carbons (Fsp3) is 0.400. The van der Waals surface area contributed by atoms with Gasteiger partial charge in [0.15, 0.2) is 5.78 Å². The summed E-state index contributed by atoms with van der Waals surface area (Å²) >= 11 is 0. The number of nitrogens with zero attached hydrogens (tertiary/aromatic N) is 1. The number of hydrogen-bond donors (Lipinski definition) is 1. The van der Waals surface area contributed by atoms with Gasteiger partial charge in [-0.2, -0.15) is 0 Å². The van der Waals surface area contributed by atoms with Crippen LogP contribution in [0.15, 0.2) is 24.3 Å². The van der Waals surface area contributed by atoms with Crippen LogP contribution in [0.4, 0.5) is 0 Å². The van der Waals surface area contributed by atoms with E-state index in [-0.39, 0.29) is 24.7 Å². The van der Waals surface area contributed by atoms with Crippen molar-refractivity contribution in [3.8, 4) is 0 Å². The molecule has 0 fully saturated rings. The molecule has 1 rings (SSSR count). The number of amides is 1. The van der Waals surface area contributed by atoms with Gasteiger partial charge in [0.25, 0.3) is 0 Å². The summed E-state index contributed by atoms with van der Waals surface area (Å²) in [6, 6.07) is 6.99. The van der Waals surface area contributed by atoms with Crippen molar-refractivity contribution in [3.63, 3.8) is 0 Å². The van der Waals surface area contributed by atoms with Gasteiger partial charge in [-0.3, -0.25) is 14.4 Å². The van der Waals surface area contributed by atoms with E-state index in [4.69, 9.17) is 5.11 Å². The van der Waals surface area contributed by atoms with Crippen molar-refractivity contribution in [2.24, 2.45) is 0 Å². The highest BCUT2D eigenvalue weighted by Gasteiger charge is 2.13. The Bertz CT molecular complexity index is 493. The lowest BCUT2D eigenvalue weighted by Crippen LogP contribution is -2.32. The van der Waals surface area contributed by atoms with Crippen molar-refractivity contribution in [3.05, 3.63) is 35.4 Å². The van der Waals surface area contributed by atoms with Gasteiger partial charge in [0.2, 0.25) is 5.91 Å². The van der Waals surface area contributed by atoms with Crippen molar-refractivity contribution in [1.82, 2.24) is 4.90 Å². The Hall–Kier alpha value is -2.17. The highest BCUT2D eigenvalue weighted by atomic mass is 16.4. The topological polar surface area (TPSA) is 74.7 Å². The van der Waals surface area contributed by atoms with E-state index in [0.29, 0.717) is 18.5 Å². The second kappa shape index (κ2) is 7.43. The van der Waals surface area contributed by atoms with Crippen LogP contribution in [0.5, 0.6) is 0 Å². The lowest BCUT2D eigenvalue weighted by molar-refractivity contribution is -0.138. The second-order valence-corrected chi connectivity index (χ2v) is 4.57. The molecule has 0 aliphatic rings. The van der Waals surface area contributed by atoms with E-state index in [1.54, 1.807) is 31.2 Å². The number of benzene rings is 1. The molecule has 0 spiro atoms. The molecule has 20 heavy (non-hydrogen) atoms. The van der Waals surface area contributed by atoms with E-state index in [9.17, 15) is 14.4 Å². The quantitative estimate of drug-likeness (QED) is 0.774. The van der Waals surface area contributed by atoms with E-state index >= 15 is 0 Å². The Morgan fingerprint density at radius 1 is 1.15 bits per heavy atom. The predicted octanol–water partition coefficient (Wildman–Crippen LogP) is 2.10. The lowest BCUT2D eigenvalue weighted by Gasteiger charge is -2.21. The van der Waals surface area contributed by atoms with Crippen LogP contribution in [0.25, 0.3) is 0 Å². The maximum atomic E-state index is 11.8. The van der Waals surface area contributed by atoms with Crippen LogP contribution in [-0.4, -0.2) is 34.2 Å². The summed E-state index contributed by atoms with van der Waals surface area (Å²) in [5.41, 5.74) is 1.50. The Labute approximate surface area is 118 Å². The van der Waals surface area contributed by atoms with E-state index in [1.165, 1.54) is 11.8 Å². The van der Waals surface area contributed by atoms with Gasteiger partial charge < -0.3 is 10.0 Å². The molecule has 0 aromatic heterocycles. The summed E-state index contributed by atoms with van der Waals surface area (Å²) < 4.78 is 0. The van der Waals surface area contributed by atoms with Crippen LogP contribution in [-0.2, 0) is 16.1 Å². The smallest absolute Gasteiger partial charge is 0.305 e. The van der Waals surface area contributed by atoms with Gasteiger partial charge in [0, 0.05) is 25.1 Å². The summed E-state index contributed by atoms with van der Waals surface area (Å²) in [4.78, 5) is 35.1. The fourth-order valence-corrected chi connectivity index (χ4v) is 1.81. The molecule has 0 atom stereocenters. The van der Waals surface area contributed by atoms with Crippen molar-refractivity contribution in [2.75, 3.05) is 6.54 Å². The van der Waals surface area contributed by atoms with Crippen molar-refractivity contribution >= 4 is 17.7 Å². The van der Waals surface area contributed by atoms with Crippen LogP contribution < -0.4 is 0 Å². The molecule has 5 nitrogen and oxygen atoms in total. The maximum Gasteiger partial charge on any atom is 0.305 e. The summed E-state index contributed by atoms with van der Waals surface area (Å²) in [5, 5.41) is 8.70. The SMILES string of the molecule is CCC(=O)N(CCC(=O)O)Cc1ccc(C(C)=O)cc1. The summed E-state index contributed by atoms with van der Waals surface area (Å²) in [5.74, 6) is -1.02. The molecule has 0 heterocycles.